The fourth-order valence-corrected chi connectivity index (χ4v) is 3.89. The molecule has 4 aromatic heterocycles. The van der Waals surface area contributed by atoms with E-state index in [1.165, 1.54) is 6.20 Å². The fraction of sp³-hybridized carbons (Fsp3) is 0.111. The number of hydrogen-bond acceptors (Lipinski definition) is 7. The summed E-state index contributed by atoms with van der Waals surface area (Å²) in [6.45, 7) is 0.473. The molecule has 5 rings (SSSR count). The molecule has 10 nitrogen and oxygen atoms in total. The second-order valence-corrected chi connectivity index (χ2v) is 8.32. The van der Waals surface area contributed by atoms with Crippen LogP contribution in [-0.2, 0) is 16.1 Å². The van der Waals surface area contributed by atoms with Crippen molar-refractivity contribution in [3.05, 3.63) is 91.1 Å². The molecular weight excluding hydrogens is 468 g/mol. The van der Waals surface area contributed by atoms with Crippen LogP contribution in [0.4, 0.5) is 11.5 Å². The fourth-order valence-electron chi connectivity index (χ4n) is 3.89. The molecule has 0 atom stereocenters. The van der Waals surface area contributed by atoms with Crippen LogP contribution in [0.15, 0.2) is 85.5 Å². The molecule has 0 aliphatic rings. The third-order valence-electron chi connectivity index (χ3n) is 5.64. The smallest absolute Gasteiger partial charge is 0.224 e. The lowest BCUT2D eigenvalue weighted by Crippen LogP contribution is -2.17. The molecule has 0 unspecified atom stereocenters. The predicted octanol–water partition coefficient (Wildman–Crippen LogP) is 3.67. The minimum atomic E-state index is -0.531. The molecule has 0 spiro atoms. The van der Waals surface area contributed by atoms with Crippen LogP contribution in [0.3, 0.4) is 0 Å². The highest BCUT2D eigenvalue weighted by Crippen LogP contribution is 2.31. The maximum atomic E-state index is 12.2. The van der Waals surface area contributed by atoms with Crippen LogP contribution in [0, 0.1) is 0 Å². The van der Waals surface area contributed by atoms with E-state index in [0.29, 0.717) is 29.4 Å². The van der Waals surface area contributed by atoms with Gasteiger partial charge in [-0.3, -0.25) is 19.6 Å². The number of carbonyl (C=O) groups is 2. The van der Waals surface area contributed by atoms with Crippen LogP contribution in [0.2, 0.25) is 0 Å². The van der Waals surface area contributed by atoms with Crippen molar-refractivity contribution in [3.63, 3.8) is 0 Å². The van der Waals surface area contributed by atoms with Gasteiger partial charge in [-0.15, -0.1) is 5.10 Å². The van der Waals surface area contributed by atoms with Crippen LogP contribution in [0.25, 0.3) is 28.0 Å². The first-order valence-corrected chi connectivity index (χ1v) is 11.7. The Labute approximate surface area is 212 Å². The number of hydrogen-bond donors (Lipinski definition) is 3. The van der Waals surface area contributed by atoms with Crippen LogP contribution in [-0.4, -0.2) is 36.4 Å². The van der Waals surface area contributed by atoms with Gasteiger partial charge in [0.25, 0.3) is 0 Å². The first-order valence-electron chi connectivity index (χ1n) is 11.7. The van der Waals surface area contributed by atoms with Crippen LogP contribution >= 0.6 is 0 Å². The van der Waals surface area contributed by atoms with Gasteiger partial charge in [-0.25, -0.2) is 9.50 Å². The van der Waals surface area contributed by atoms with Gasteiger partial charge in [0.15, 0.2) is 11.6 Å². The molecule has 2 amide bonds. The number of carbonyl (C=O) groups excluding carboxylic acids is 2. The molecule has 184 valence electrons. The number of nitrogens with zero attached hydrogens (tertiary/aromatic N) is 5. The van der Waals surface area contributed by atoms with Gasteiger partial charge in [0.2, 0.25) is 11.8 Å². The van der Waals surface area contributed by atoms with E-state index < -0.39 is 5.91 Å². The molecule has 4 N–H and O–H groups in total. The SMILES string of the molecule is NC(=O)CCC(=O)Nc1cncc(-c2nc(NCc3ccccn3)c3c(-c4ccccc4)ccn3n2)c1. The molecule has 0 aliphatic heterocycles. The van der Waals surface area contributed by atoms with Crippen molar-refractivity contribution in [1.82, 2.24) is 24.6 Å². The van der Waals surface area contributed by atoms with Gasteiger partial charge in [0.1, 0.15) is 5.52 Å². The molecule has 0 bridgehead atoms. The van der Waals surface area contributed by atoms with Gasteiger partial charge < -0.3 is 16.4 Å². The molecule has 0 saturated heterocycles. The van der Waals surface area contributed by atoms with Crippen LogP contribution in [0.1, 0.15) is 18.5 Å². The third-order valence-corrected chi connectivity index (χ3v) is 5.64. The minimum Gasteiger partial charge on any atom is -0.370 e. The Morgan fingerprint density at radius 3 is 2.57 bits per heavy atom. The van der Waals surface area contributed by atoms with E-state index in [9.17, 15) is 9.59 Å². The van der Waals surface area contributed by atoms with E-state index in [1.54, 1.807) is 23.0 Å². The second kappa shape index (κ2) is 10.6. The molecule has 5 aromatic rings. The summed E-state index contributed by atoms with van der Waals surface area (Å²) in [6, 6.07) is 19.5. The van der Waals surface area contributed by atoms with E-state index in [0.717, 1.165) is 22.3 Å². The predicted molar refractivity (Wildman–Crippen MR) is 140 cm³/mol. The summed E-state index contributed by atoms with van der Waals surface area (Å²) in [6.07, 6.45) is 6.76. The molecule has 0 radical (unpaired) electrons. The number of aromatic nitrogens is 5. The highest BCUT2D eigenvalue weighted by molar-refractivity contribution is 5.93. The van der Waals surface area contributed by atoms with E-state index in [-0.39, 0.29) is 18.7 Å². The number of rotatable bonds is 9. The van der Waals surface area contributed by atoms with E-state index >= 15 is 0 Å². The number of primary amides is 1. The molecule has 37 heavy (non-hydrogen) atoms. The van der Waals surface area contributed by atoms with Crippen molar-refractivity contribution in [2.24, 2.45) is 5.73 Å². The largest absolute Gasteiger partial charge is 0.370 e. The number of fused-ring (bicyclic) bond motifs is 1. The highest BCUT2D eigenvalue weighted by atomic mass is 16.2. The monoisotopic (exact) mass is 492 g/mol. The summed E-state index contributed by atoms with van der Waals surface area (Å²) in [5, 5.41) is 10.9. The average Bonchev–Trinajstić information content (AvgIpc) is 3.36. The topological polar surface area (TPSA) is 140 Å². The van der Waals surface area contributed by atoms with Crippen molar-refractivity contribution in [1.29, 1.82) is 0 Å². The average molecular weight is 493 g/mol. The molecular formula is C27H24N8O2. The maximum absolute atomic E-state index is 12.2. The number of anilines is 2. The third kappa shape index (κ3) is 5.59. The number of amides is 2. The van der Waals surface area contributed by atoms with Crippen molar-refractivity contribution >= 4 is 28.8 Å². The number of benzene rings is 1. The summed E-state index contributed by atoms with van der Waals surface area (Å²) in [4.78, 5) is 36.6. The van der Waals surface area contributed by atoms with E-state index in [2.05, 4.69) is 20.6 Å². The van der Waals surface area contributed by atoms with Crippen LogP contribution in [0.5, 0.6) is 0 Å². The van der Waals surface area contributed by atoms with E-state index in [4.69, 9.17) is 15.8 Å². The first-order chi connectivity index (χ1) is 18.1. The normalized spacial score (nSPS) is 10.8. The molecule has 0 aliphatic carbocycles. The highest BCUT2D eigenvalue weighted by Gasteiger charge is 2.16. The summed E-state index contributed by atoms with van der Waals surface area (Å²) in [5.74, 6) is 0.197. The van der Waals surface area contributed by atoms with Gasteiger partial charge in [-0.2, -0.15) is 0 Å². The summed E-state index contributed by atoms with van der Waals surface area (Å²) >= 11 is 0. The Balaban J connectivity index is 1.51. The van der Waals surface area contributed by atoms with Crippen molar-refractivity contribution in [3.8, 4) is 22.5 Å². The second-order valence-electron chi connectivity index (χ2n) is 8.32. The Morgan fingerprint density at radius 1 is 0.946 bits per heavy atom. The van der Waals surface area contributed by atoms with Gasteiger partial charge in [-0.05, 0) is 29.8 Å². The quantitative estimate of drug-likeness (QED) is 0.285. The van der Waals surface area contributed by atoms with Crippen molar-refractivity contribution in [2.45, 2.75) is 19.4 Å². The zero-order valence-electron chi connectivity index (χ0n) is 19.8. The lowest BCUT2D eigenvalue weighted by molar-refractivity contribution is -0.122. The minimum absolute atomic E-state index is 0.00472. The Bertz CT molecular complexity index is 1550. The molecule has 1 aromatic carbocycles. The van der Waals surface area contributed by atoms with Gasteiger partial charge >= 0.3 is 0 Å². The summed E-state index contributed by atoms with van der Waals surface area (Å²) in [5.41, 5.74) is 9.95. The number of nitrogens with two attached hydrogens (primary N) is 1. The van der Waals surface area contributed by atoms with E-state index in [1.807, 2.05) is 60.8 Å². The standard InChI is InChI=1S/C27H24N8O2/c28-23(36)9-10-24(37)32-21-14-19(15-29-16-21)26-33-27(31-17-20-8-4-5-12-30-20)25-22(11-13-35(25)34-26)18-6-2-1-3-7-18/h1-8,11-16H,9-10,17H2,(H2,28,36)(H,32,37)(H,31,33,34). The lowest BCUT2D eigenvalue weighted by atomic mass is 10.1. The lowest BCUT2D eigenvalue weighted by Gasteiger charge is -2.12. The Hall–Kier alpha value is -5.12. The Kier molecular flexibility index (Phi) is 6.80. The van der Waals surface area contributed by atoms with Gasteiger partial charge in [0.05, 0.1) is 24.1 Å². The zero-order valence-corrected chi connectivity index (χ0v) is 19.8. The molecule has 0 saturated carbocycles. The zero-order chi connectivity index (χ0) is 25.6. The van der Waals surface area contributed by atoms with Crippen LogP contribution < -0.4 is 16.4 Å². The summed E-state index contributed by atoms with van der Waals surface area (Å²) in [7, 11) is 0. The maximum Gasteiger partial charge on any atom is 0.224 e. The number of nitrogens with one attached hydrogen (secondary N) is 2. The molecule has 4 heterocycles. The first kappa shape index (κ1) is 23.6. The Morgan fingerprint density at radius 2 is 1.78 bits per heavy atom. The van der Waals surface area contributed by atoms with Crippen molar-refractivity contribution < 1.29 is 9.59 Å². The molecule has 10 heteroatoms. The van der Waals surface area contributed by atoms with Gasteiger partial charge in [-0.1, -0.05) is 36.4 Å². The van der Waals surface area contributed by atoms with Gasteiger partial charge in [0, 0.05) is 42.6 Å². The number of pyridine rings is 2. The summed E-state index contributed by atoms with van der Waals surface area (Å²) < 4.78 is 1.78. The van der Waals surface area contributed by atoms with Crippen molar-refractivity contribution in [2.75, 3.05) is 10.6 Å². The molecule has 0 fully saturated rings.